The van der Waals surface area contributed by atoms with Crippen molar-refractivity contribution in [1.82, 2.24) is 4.90 Å². The maximum atomic E-state index is 12.1. The zero-order chi connectivity index (χ0) is 11.5. The van der Waals surface area contributed by atoms with Crippen LogP contribution in [-0.4, -0.2) is 29.9 Å². The van der Waals surface area contributed by atoms with E-state index in [1.54, 1.807) is 0 Å². The van der Waals surface area contributed by atoms with Crippen molar-refractivity contribution >= 4 is 18.3 Å². The molecule has 2 atom stereocenters. The second kappa shape index (κ2) is 6.60. The summed E-state index contributed by atoms with van der Waals surface area (Å²) < 4.78 is 0. The van der Waals surface area contributed by atoms with Crippen LogP contribution >= 0.6 is 12.4 Å². The fourth-order valence-electron chi connectivity index (χ4n) is 2.69. The van der Waals surface area contributed by atoms with Crippen molar-refractivity contribution in [3.05, 3.63) is 0 Å². The van der Waals surface area contributed by atoms with Crippen molar-refractivity contribution in [2.45, 2.75) is 51.5 Å². The molecule has 100 valence electrons. The molecule has 2 rings (SSSR count). The first-order valence-electron chi connectivity index (χ1n) is 6.74. The summed E-state index contributed by atoms with van der Waals surface area (Å²) >= 11 is 0. The van der Waals surface area contributed by atoms with Gasteiger partial charge in [0.15, 0.2) is 0 Å². The van der Waals surface area contributed by atoms with E-state index in [1.165, 1.54) is 19.3 Å². The minimum atomic E-state index is 0. The molecule has 2 fully saturated rings. The Morgan fingerprint density at radius 3 is 2.47 bits per heavy atom. The van der Waals surface area contributed by atoms with E-state index in [4.69, 9.17) is 5.73 Å². The Kier molecular flexibility index (Phi) is 5.74. The van der Waals surface area contributed by atoms with E-state index in [1.807, 2.05) is 4.90 Å². The zero-order valence-corrected chi connectivity index (χ0v) is 11.5. The molecule has 17 heavy (non-hydrogen) atoms. The van der Waals surface area contributed by atoms with Gasteiger partial charge in [-0.2, -0.15) is 0 Å². The minimum Gasteiger partial charge on any atom is -0.343 e. The lowest BCUT2D eigenvalue weighted by Crippen LogP contribution is -2.36. The standard InChI is InChI=1S/C13H24N2O.ClH/c1-2-15(9-10-6-7-10)13(16)8-11-4-3-5-12(11)14;/h10-12H,2-9,14H2,1H3;1H/t11-,12+;/m0./s1. The number of carbonyl (C=O) groups excluding carboxylic acids is 1. The van der Waals surface area contributed by atoms with Crippen LogP contribution in [0.5, 0.6) is 0 Å². The lowest BCUT2D eigenvalue weighted by Gasteiger charge is -2.23. The minimum absolute atomic E-state index is 0. The highest BCUT2D eigenvalue weighted by Crippen LogP contribution is 2.31. The van der Waals surface area contributed by atoms with Crippen LogP contribution in [0.1, 0.15) is 45.4 Å². The lowest BCUT2D eigenvalue weighted by atomic mass is 9.99. The van der Waals surface area contributed by atoms with E-state index < -0.39 is 0 Å². The molecule has 2 saturated carbocycles. The number of halogens is 1. The van der Waals surface area contributed by atoms with Crippen LogP contribution in [-0.2, 0) is 4.79 Å². The molecule has 0 aliphatic heterocycles. The number of hydrogen-bond acceptors (Lipinski definition) is 2. The first-order chi connectivity index (χ1) is 7.70. The molecule has 1 amide bonds. The van der Waals surface area contributed by atoms with Gasteiger partial charge in [-0.05, 0) is 44.4 Å². The molecule has 0 heterocycles. The molecule has 2 aliphatic carbocycles. The van der Waals surface area contributed by atoms with Gasteiger partial charge in [0.05, 0.1) is 0 Å². The molecule has 0 aromatic carbocycles. The van der Waals surface area contributed by atoms with Crippen molar-refractivity contribution in [1.29, 1.82) is 0 Å². The summed E-state index contributed by atoms with van der Waals surface area (Å²) in [5, 5.41) is 0. The monoisotopic (exact) mass is 260 g/mol. The summed E-state index contributed by atoms with van der Waals surface area (Å²) in [7, 11) is 0. The van der Waals surface area contributed by atoms with Gasteiger partial charge >= 0.3 is 0 Å². The van der Waals surface area contributed by atoms with E-state index in [-0.39, 0.29) is 18.4 Å². The average Bonchev–Trinajstić information content (AvgIpc) is 3.00. The van der Waals surface area contributed by atoms with Crippen LogP contribution in [0, 0.1) is 11.8 Å². The second-order valence-electron chi connectivity index (χ2n) is 5.43. The first-order valence-corrected chi connectivity index (χ1v) is 6.74. The van der Waals surface area contributed by atoms with Gasteiger partial charge in [0, 0.05) is 25.6 Å². The van der Waals surface area contributed by atoms with Gasteiger partial charge < -0.3 is 10.6 Å². The average molecular weight is 261 g/mol. The smallest absolute Gasteiger partial charge is 0.222 e. The SMILES string of the molecule is CCN(CC1CC1)C(=O)C[C@@H]1CCC[C@H]1N.Cl. The third kappa shape index (κ3) is 4.14. The summed E-state index contributed by atoms with van der Waals surface area (Å²) in [6.07, 6.45) is 6.76. The number of amides is 1. The predicted octanol–water partition coefficient (Wildman–Crippen LogP) is 2.18. The molecule has 4 heteroatoms. The quantitative estimate of drug-likeness (QED) is 0.824. The number of nitrogens with two attached hydrogens (primary N) is 1. The molecule has 0 radical (unpaired) electrons. The van der Waals surface area contributed by atoms with Crippen molar-refractivity contribution in [2.24, 2.45) is 17.6 Å². The van der Waals surface area contributed by atoms with Gasteiger partial charge in [-0.3, -0.25) is 4.79 Å². The van der Waals surface area contributed by atoms with Crippen LogP contribution in [0.2, 0.25) is 0 Å². The van der Waals surface area contributed by atoms with Crippen LogP contribution in [0.25, 0.3) is 0 Å². The van der Waals surface area contributed by atoms with E-state index in [2.05, 4.69) is 6.92 Å². The van der Waals surface area contributed by atoms with E-state index in [0.717, 1.165) is 31.8 Å². The molecule has 0 aromatic heterocycles. The molecule has 0 unspecified atom stereocenters. The van der Waals surface area contributed by atoms with E-state index >= 15 is 0 Å². The van der Waals surface area contributed by atoms with Crippen molar-refractivity contribution < 1.29 is 4.79 Å². The summed E-state index contributed by atoms with van der Waals surface area (Å²) in [6, 6.07) is 0.267. The van der Waals surface area contributed by atoms with E-state index in [9.17, 15) is 4.79 Å². The van der Waals surface area contributed by atoms with Gasteiger partial charge in [0.25, 0.3) is 0 Å². The van der Waals surface area contributed by atoms with Gasteiger partial charge in [-0.1, -0.05) is 6.42 Å². The maximum absolute atomic E-state index is 12.1. The Bertz CT molecular complexity index is 256. The largest absolute Gasteiger partial charge is 0.343 e. The molecular weight excluding hydrogens is 236 g/mol. The summed E-state index contributed by atoms with van der Waals surface area (Å²) in [6.45, 7) is 3.92. The molecule has 0 aromatic rings. The van der Waals surface area contributed by atoms with Crippen molar-refractivity contribution in [2.75, 3.05) is 13.1 Å². The molecule has 0 bridgehead atoms. The Morgan fingerprint density at radius 2 is 2.00 bits per heavy atom. The first kappa shape index (κ1) is 14.8. The van der Waals surface area contributed by atoms with Gasteiger partial charge in [-0.25, -0.2) is 0 Å². The second-order valence-corrected chi connectivity index (χ2v) is 5.43. The molecule has 0 saturated heterocycles. The number of carbonyl (C=O) groups is 1. The summed E-state index contributed by atoms with van der Waals surface area (Å²) in [5.41, 5.74) is 6.01. The van der Waals surface area contributed by atoms with Crippen molar-refractivity contribution in [3.8, 4) is 0 Å². The summed E-state index contributed by atoms with van der Waals surface area (Å²) in [4.78, 5) is 14.1. The van der Waals surface area contributed by atoms with Crippen LogP contribution in [0.4, 0.5) is 0 Å². The Balaban J connectivity index is 0.00000144. The normalized spacial score (nSPS) is 27.6. The van der Waals surface area contributed by atoms with Gasteiger partial charge in [0.2, 0.25) is 5.91 Å². The number of nitrogens with zero attached hydrogens (tertiary/aromatic N) is 1. The fraction of sp³-hybridized carbons (Fsp3) is 0.923. The zero-order valence-electron chi connectivity index (χ0n) is 10.7. The van der Waals surface area contributed by atoms with Crippen LogP contribution < -0.4 is 5.73 Å². The van der Waals surface area contributed by atoms with Crippen LogP contribution in [0.15, 0.2) is 0 Å². The molecular formula is C13H25ClN2O. The Hall–Kier alpha value is -0.280. The predicted molar refractivity (Wildman–Crippen MR) is 72.2 cm³/mol. The highest BCUT2D eigenvalue weighted by molar-refractivity contribution is 5.85. The molecule has 2 N–H and O–H groups in total. The number of rotatable bonds is 5. The Labute approximate surface area is 111 Å². The summed E-state index contributed by atoms with van der Waals surface area (Å²) in [5.74, 6) is 1.57. The van der Waals surface area contributed by atoms with Gasteiger partial charge in [-0.15, -0.1) is 12.4 Å². The van der Waals surface area contributed by atoms with Crippen LogP contribution in [0.3, 0.4) is 0 Å². The molecule has 0 spiro atoms. The van der Waals surface area contributed by atoms with Crippen molar-refractivity contribution in [3.63, 3.8) is 0 Å². The van der Waals surface area contributed by atoms with Gasteiger partial charge in [0.1, 0.15) is 0 Å². The fourth-order valence-corrected chi connectivity index (χ4v) is 2.69. The third-order valence-electron chi connectivity index (χ3n) is 4.06. The molecule has 3 nitrogen and oxygen atoms in total. The Morgan fingerprint density at radius 1 is 1.29 bits per heavy atom. The third-order valence-corrected chi connectivity index (χ3v) is 4.06. The number of hydrogen-bond donors (Lipinski definition) is 1. The maximum Gasteiger partial charge on any atom is 0.222 e. The molecule has 2 aliphatic rings. The lowest BCUT2D eigenvalue weighted by molar-refractivity contribution is -0.132. The van der Waals surface area contributed by atoms with E-state index in [0.29, 0.717) is 18.2 Å². The highest BCUT2D eigenvalue weighted by Gasteiger charge is 2.30. The topological polar surface area (TPSA) is 46.3 Å². The highest BCUT2D eigenvalue weighted by atomic mass is 35.5.